The molecule has 0 heterocycles. The van der Waals surface area contributed by atoms with Crippen LogP contribution in [0.1, 0.15) is 37.3 Å². The zero-order valence-corrected chi connectivity index (χ0v) is 13.4. The van der Waals surface area contributed by atoms with Gasteiger partial charge in [0.25, 0.3) is 0 Å². The topological polar surface area (TPSA) is 102 Å². The van der Waals surface area contributed by atoms with Crippen molar-refractivity contribution in [1.29, 1.82) is 0 Å². The van der Waals surface area contributed by atoms with Crippen molar-refractivity contribution in [2.75, 3.05) is 7.11 Å². The second-order valence-corrected chi connectivity index (χ2v) is 6.67. The molecule has 2 aliphatic carbocycles. The molecule has 130 valence electrons. The van der Waals surface area contributed by atoms with Gasteiger partial charge in [0.15, 0.2) is 0 Å². The highest BCUT2D eigenvalue weighted by Gasteiger charge is 2.56. The first-order valence-corrected chi connectivity index (χ1v) is 8.00. The predicted molar refractivity (Wildman–Crippen MR) is 83.4 cm³/mol. The van der Waals surface area contributed by atoms with Gasteiger partial charge in [-0.1, -0.05) is 0 Å². The smallest absolute Gasteiger partial charge is 0.236 e. The molecule has 0 saturated heterocycles. The minimum atomic E-state index is -1.15. The highest BCUT2D eigenvalue weighted by Crippen LogP contribution is 2.47. The number of hydrogen-bond acceptors (Lipinski definition) is 4. The number of aliphatic hydroxyl groups excluding tert-OH is 1. The number of amides is 2. The molecule has 1 aromatic carbocycles. The number of halogens is 1. The summed E-state index contributed by atoms with van der Waals surface area (Å²) in [4.78, 5) is 24.1. The van der Waals surface area contributed by atoms with E-state index in [2.05, 4.69) is 5.32 Å². The molecule has 0 radical (unpaired) electrons. The van der Waals surface area contributed by atoms with E-state index in [1.807, 2.05) is 0 Å². The number of hydrogen-bond donors (Lipinski definition) is 3. The standard InChI is InChI=1S/C17H21FN2O4/c1-24-13-3-2-10(18)8-12(13)14(9-6-11(21)7-9)20-16(23)17(4-5-17)15(19)22/h2-3,8-9,11,14,21H,4-7H2,1H3,(H2,19,22)(H,20,23)/t9?,11?,14-/m0/s1. The maximum atomic E-state index is 13.7. The Hall–Kier alpha value is -2.15. The average molecular weight is 336 g/mol. The molecular weight excluding hydrogens is 315 g/mol. The fraction of sp³-hybridized carbons (Fsp3) is 0.529. The lowest BCUT2D eigenvalue weighted by atomic mass is 9.74. The summed E-state index contributed by atoms with van der Waals surface area (Å²) in [6.45, 7) is 0. The van der Waals surface area contributed by atoms with Gasteiger partial charge in [0, 0.05) is 5.56 Å². The lowest BCUT2D eigenvalue weighted by molar-refractivity contribution is -0.136. The molecule has 0 aliphatic heterocycles. The largest absolute Gasteiger partial charge is 0.496 e. The number of ether oxygens (including phenoxy) is 1. The second kappa shape index (κ2) is 6.05. The van der Waals surface area contributed by atoms with Gasteiger partial charge in [0.05, 0.1) is 19.3 Å². The monoisotopic (exact) mass is 336 g/mol. The molecule has 2 aliphatic rings. The van der Waals surface area contributed by atoms with Crippen molar-refractivity contribution in [2.45, 2.75) is 37.8 Å². The van der Waals surface area contributed by atoms with E-state index in [-0.39, 0.29) is 5.92 Å². The number of primary amides is 1. The van der Waals surface area contributed by atoms with Gasteiger partial charge in [-0.2, -0.15) is 0 Å². The van der Waals surface area contributed by atoms with Crippen molar-refractivity contribution >= 4 is 11.8 Å². The molecule has 3 rings (SSSR count). The Balaban J connectivity index is 1.89. The highest BCUT2D eigenvalue weighted by atomic mass is 19.1. The van der Waals surface area contributed by atoms with Crippen LogP contribution in [0.25, 0.3) is 0 Å². The van der Waals surface area contributed by atoms with Crippen LogP contribution in [-0.2, 0) is 9.59 Å². The molecule has 2 fully saturated rings. The minimum Gasteiger partial charge on any atom is -0.496 e. The maximum absolute atomic E-state index is 13.7. The summed E-state index contributed by atoms with van der Waals surface area (Å²) in [5.41, 5.74) is 4.70. The van der Waals surface area contributed by atoms with Crippen LogP contribution in [0, 0.1) is 17.2 Å². The third kappa shape index (κ3) is 2.84. The van der Waals surface area contributed by atoms with Crippen molar-refractivity contribution in [3.8, 4) is 5.75 Å². The molecule has 1 aromatic rings. The number of carbonyl (C=O) groups is 2. The van der Waals surface area contributed by atoms with Crippen molar-refractivity contribution < 1.29 is 23.8 Å². The Morgan fingerprint density at radius 1 is 1.42 bits per heavy atom. The number of rotatable bonds is 6. The summed E-state index contributed by atoms with van der Waals surface area (Å²) in [6, 6.07) is 3.56. The van der Waals surface area contributed by atoms with Crippen LogP contribution < -0.4 is 15.8 Å². The molecular formula is C17H21FN2O4. The van der Waals surface area contributed by atoms with E-state index >= 15 is 0 Å². The molecule has 2 amide bonds. The van der Waals surface area contributed by atoms with E-state index < -0.39 is 35.2 Å². The maximum Gasteiger partial charge on any atom is 0.236 e. The molecule has 24 heavy (non-hydrogen) atoms. The van der Waals surface area contributed by atoms with Gasteiger partial charge in [-0.05, 0) is 49.8 Å². The number of benzene rings is 1. The van der Waals surface area contributed by atoms with Gasteiger partial charge in [-0.25, -0.2) is 4.39 Å². The SMILES string of the molecule is COc1ccc(F)cc1[C@@H](NC(=O)C1(C(N)=O)CC1)C1CC(O)C1. The number of carbonyl (C=O) groups excluding carboxylic acids is 2. The zero-order chi connectivity index (χ0) is 17.5. The van der Waals surface area contributed by atoms with E-state index in [0.29, 0.717) is 37.0 Å². The Morgan fingerprint density at radius 3 is 2.58 bits per heavy atom. The molecule has 0 aromatic heterocycles. The number of nitrogens with two attached hydrogens (primary N) is 1. The third-order valence-electron chi connectivity index (χ3n) is 5.09. The van der Waals surface area contributed by atoms with E-state index in [1.54, 1.807) is 0 Å². The molecule has 1 atom stereocenters. The summed E-state index contributed by atoms with van der Waals surface area (Å²) >= 11 is 0. The Morgan fingerprint density at radius 2 is 2.08 bits per heavy atom. The third-order valence-corrected chi connectivity index (χ3v) is 5.09. The van der Waals surface area contributed by atoms with Gasteiger partial charge in [-0.15, -0.1) is 0 Å². The fourth-order valence-corrected chi connectivity index (χ4v) is 3.29. The molecule has 2 saturated carbocycles. The van der Waals surface area contributed by atoms with Crippen LogP contribution in [-0.4, -0.2) is 30.1 Å². The number of nitrogens with one attached hydrogen (secondary N) is 1. The zero-order valence-electron chi connectivity index (χ0n) is 13.4. The molecule has 0 spiro atoms. The Bertz CT molecular complexity index is 669. The minimum absolute atomic E-state index is 0.0525. The summed E-state index contributed by atoms with van der Waals surface area (Å²) in [7, 11) is 1.47. The lowest BCUT2D eigenvalue weighted by Crippen LogP contribution is -2.46. The van der Waals surface area contributed by atoms with Crippen molar-refractivity contribution in [3.05, 3.63) is 29.6 Å². The van der Waals surface area contributed by atoms with Crippen LogP contribution in [0.5, 0.6) is 5.75 Å². The lowest BCUT2D eigenvalue weighted by Gasteiger charge is -2.39. The number of aliphatic hydroxyl groups is 1. The van der Waals surface area contributed by atoms with Gasteiger partial charge < -0.3 is 20.9 Å². The van der Waals surface area contributed by atoms with Crippen LogP contribution in [0.4, 0.5) is 4.39 Å². The van der Waals surface area contributed by atoms with Crippen LogP contribution in [0.3, 0.4) is 0 Å². The van der Waals surface area contributed by atoms with Crippen molar-refractivity contribution in [3.63, 3.8) is 0 Å². The summed E-state index contributed by atoms with van der Waals surface area (Å²) < 4.78 is 19.0. The summed E-state index contributed by atoms with van der Waals surface area (Å²) in [6.07, 6.45) is 1.41. The predicted octanol–water partition coefficient (Wildman–Crippen LogP) is 1.03. The second-order valence-electron chi connectivity index (χ2n) is 6.67. The van der Waals surface area contributed by atoms with Gasteiger partial charge in [-0.3, -0.25) is 9.59 Å². The van der Waals surface area contributed by atoms with Crippen molar-refractivity contribution in [1.82, 2.24) is 5.32 Å². The fourth-order valence-electron chi connectivity index (χ4n) is 3.29. The molecule has 0 bridgehead atoms. The van der Waals surface area contributed by atoms with Crippen LogP contribution in [0.2, 0.25) is 0 Å². The Labute approximate surface area is 139 Å². The quantitative estimate of drug-likeness (QED) is 0.675. The molecule has 4 N–H and O–H groups in total. The van der Waals surface area contributed by atoms with E-state index in [1.165, 1.54) is 25.3 Å². The van der Waals surface area contributed by atoms with E-state index in [0.717, 1.165) is 0 Å². The highest BCUT2D eigenvalue weighted by molar-refractivity contribution is 6.07. The summed E-state index contributed by atoms with van der Waals surface area (Å²) in [5.74, 6) is -1.12. The molecule has 7 heteroatoms. The van der Waals surface area contributed by atoms with E-state index in [4.69, 9.17) is 10.5 Å². The first-order valence-electron chi connectivity index (χ1n) is 8.00. The number of methoxy groups -OCH3 is 1. The first kappa shape index (κ1) is 16.7. The summed E-state index contributed by atoms with van der Waals surface area (Å²) in [5, 5.41) is 12.4. The Kier molecular flexibility index (Phi) is 4.21. The normalized spacial score (nSPS) is 25.3. The van der Waals surface area contributed by atoms with Gasteiger partial charge >= 0.3 is 0 Å². The average Bonchev–Trinajstić information content (AvgIpc) is 3.31. The van der Waals surface area contributed by atoms with Crippen LogP contribution in [0.15, 0.2) is 18.2 Å². The van der Waals surface area contributed by atoms with Gasteiger partial charge in [0.2, 0.25) is 11.8 Å². The molecule has 0 unspecified atom stereocenters. The molecule has 6 nitrogen and oxygen atoms in total. The van der Waals surface area contributed by atoms with E-state index in [9.17, 15) is 19.1 Å². The van der Waals surface area contributed by atoms with Crippen molar-refractivity contribution in [2.24, 2.45) is 17.1 Å². The van der Waals surface area contributed by atoms with Crippen LogP contribution >= 0.6 is 0 Å². The van der Waals surface area contributed by atoms with Gasteiger partial charge in [0.1, 0.15) is 17.0 Å². The first-order chi connectivity index (χ1) is 11.4.